The summed E-state index contributed by atoms with van der Waals surface area (Å²) in [6, 6.07) is 12.9. The lowest BCUT2D eigenvalue weighted by Crippen LogP contribution is -2.46. The molecule has 1 spiro atoms. The van der Waals surface area contributed by atoms with Crippen molar-refractivity contribution in [2.75, 3.05) is 5.32 Å². The first kappa shape index (κ1) is 17.2. The number of hydrogen-bond donors (Lipinski definition) is 1. The first-order valence-corrected chi connectivity index (χ1v) is 9.87. The zero-order valence-corrected chi connectivity index (χ0v) is 15.8. The largest absolute Gasteiger partial charge is 0.482 e. The average Bonchev–Trinajstić information content (AvgIpc) is 3.04. The fourth-order valence-electron chi connectivity index (χ4n) is 4.09. The molecule has 6 heteroatoms. The molecule has 2 aromatic carbocycles. The quantitative estimate of drug-likeness (QED) is 0.841. The third kappa shape index (κ3) is 3.03. The summed E-state index contributed by atoms with van der Waals surface area (Å²) in [6.07, 6.45) is 4.10. The van der Waals surface area contributed by atoms with E-state index in [9.17, 15) is 4.79 Å². The van der Waals surface area contributed by atoms with Gasteiger partial charge in [0.15, 0.2) is 23.0 Å². The summed E-state index contributed by atoms with van der Waals surface area (Å²) >= 11 is 0. The molecule has 6 nitrogen and oxygen atoms in total. The summed E-state index contributed by atoms with van der Waals surface area (Å²) in [4.78, 5) is 12.8. The standard InChI is InChI=1S/C22H23NO5/c1-14-20(26-17-8-4-3-7-16(17)25-14)21(24)23-15-9-10-18-19(13-15)28-22(27-18)11-5-2-6-12-22/h3-4,7-10,13-14,20H,2,5-6,11-12H2,1H3,(H,23,24)/t14-,20+/m1/s1. The lowest BCUT2D eigenvalue weighted by molar-refractivity contribution is -0.128. The topological polar surface area (TPSA) is 66.0 Å². The summed E-state index contributed by atoms with van der Waals surface area (Å²) in [7, 11) is 0. The number of nitrogens with one attached hydrogen (secondary N) is 1. The first-order chi connectivity index (χ1) is 13.6. The highest BCUT2D eigenvalue weighted by Gasteiger charge is 2.42. The van der Waals surface area contributed by atoms with Gasteiger partial charge >= 0.3 is 0 Å². The molecule has 0 bridgehead atoms. The van der Waals surface area contributed by atoms with Crippen LogP contribution in [0.15, 0.2) is 42.5 Å². The Hall–Kier alpha value is -2.89. The van der Waals surface area contributed by atoms with Crippen molar-refractivity contribution in [1.82, 2.24) is 0 Å². The minimum absolute atomic E-state index is 0.256. The van der Waals surface area contributed by atoms with Crippen LogP contribution in [0.5, 0.6) is 23.0 Å². The molecule has 0 saturated heterocycles. The van der Waals surface area contributed by atoms with Gasteiger partial charge in [0.2, 0.25) is 6.10 Å². The summed E-state index contributed by atoms with van der Waals surface area (Å²) < 4.78 is 23.9. The van der Waals surface area contributed by atoms with E-state index in [-0.39, 0.29) is 5.91 Å². The molecule has 2 atom stereocenters. The van der Waals surface area contributed by atoms with Crippen LogP contribution in [0.4, 0.5) is 5.69 Å². The molecule has 1 N–H and O–H groups in total. The fraction of sp³-hybridized carbons (Fsp3) is 0.409. The molecular weight excluding hydrogens is 358 g/mol. The van der Waals surface area contributed by atoms with Gasteiger partial charge in [-0.3, -0.25) is 4.79 Å². The van der Waals surface area contributed by atoms with Gasteiger partial charge in [-0.15, -0.1) is 0 Å². The predicted molar refractivity (Wildman–Crippen MR) is 103 cm³/mol. The summed E-state index contributed by atoms with van der Waals surface area (Å²) in [5, 5.41) is 2.91. The second-order valence-electron chi connectivity index (χ2n) is 7.63. The van der Waals surface area contributed by atoms with Crippen molar-refractivity contribution in [1.29, 1.82) is 0 Å². The number of carbonyl (C=O) groups excluding carboxylic acids is 1. The Morgan fingerprint density at radius 2 is 1.64 bits per heavy atom. The van der Waals surface area contributed by atoms with Gasteiger partial charge in [0.05, 0.1) is 0 Å². The SMILES string of the molecule is C[C@H]1Oc2ccccc2O[C@@H]1C(=O)Nc1ccc2c(c1)OC1(CCCCC1)O2. The van der Waals surface area contributed by atoms with Gasteiger partial charge < -0.3 is 24.3 Å². The molecule has 28 heavy (non-hydrogen) atoms. The van der Waals surface area contributed by atoms with E-state index in [2.05, 4.69) is 5.32 Å². The summed E-state index contributed by atoms with van der Waals surface area (Å²) in [6.45, 7) is 1.83. The van der Waals surface area contributed by atoms with Gasteiger partial charge in [-0.2, -0.15) is 0 Å². The van der Waals surface area contributed by atoms with E-state index in [0.29, 0.717) is 22.9 Å². The van der Waals surface area contributed by atoms with Gasteiger partial charge in [0.25, 0.3) is 11.7 Å². The summed E-state index contributed by atoms with van der Waals surface area (Å²) in [5.41, 5.74) is 0.648. The van der Waals surface area contributed by atoms with Crippen LogP contribution in [0.2, 0.25) is 0 Å². The number of ether oxygens (including phenoxy) is 4. The molecule has 0 aromatic heterocycles. The zero-order valence-electron chi connectivity index (χ0n) is 15.8. The highest BCUT2D eigenvalue weighted by Crippen LogP contribution is 2.46. The van der Waals surface area contributed by atoms with Gasteiger partial charge in [0, 0.05) is 24.6 Å². The van der Waals surface area contributed by atoms with E-state index < -0.39 is 18.0 Å². The predicted octanol–water partition coefficient (Wildman–Crippen LogP) is 4.29. The molecule has 1 fully saturated rings. The number of fused-ring (bicyclic) bond motifs is 2. The van der Waals surface area contributed by atoms with E-state index in [1.807, 2.05) is 43.3 Å². The number of para-hydroxylation sites is 2. The van der Waals surface area contributed by atoms with E-state index >= 15 is 0 Å². The second-order valence-corrected chi connectivity index (χ2v) is 7.63. The molecule has 0 unspecified atom stereocenters. The van der Waals surface area contributed by atoms with Crippen LogP contribution in [0.3, 0.4) is 0 Å². The van der Waals surface area contributed by atoms with Gasteiger partial charge in [-0.05, 0) is 44.0 Å². The second kappa shape index (κ2) is 6.62. The molecule has 1 aliphatic carbocycles. The molecule has 2 aliphatic heterocycles. The van der Waals surface area contributed by atoms with E-state index in [4.69, 9.17) is 18.9 Å². The Morgan fingerprint density at radius 3 is 2.43 bits per heavy atom. The van der Waals surface area contributed by atoms with E-state index in [1.165, 1.54) is 6.42 Å². The molecule has 1 amide bonds. The van der Waals surface area contributed by atoms with Crippen molar-refractivity contribution in [2.45, 2.75) is 57.0 Å². The first-order valence-electron chi connectivity index (χ1n) is 9.87. The molecule has 5 rings (SSSR count). The van der Waals surface area contributed by atoms with Crippen molar-refractivity contribution in [3.8, 4) is 23.0 Å². The number of benzene rings is 2. The monoisotopic (exact) mass is 381 g/mol. The van der Waals surface area contributed by atoms with Crippen molar-refractivity contribution in [3.05, 3.63) is 42.5 Å². The van der Waals surface area contributed by atoms with Crippen LogP contribution in [0.1, 0.15) is 39.0 Å². The zero-order chi connectivity index (χ0) is 19.1. The maximum absolute atomic E-state index is 12.8. The molecule has 2 heterocycles. The van der Waals surface area contributed by atoms with Crippen molar-refractivity contribution in [2.24, 2.45) is 0 Å². The number of anilines is 1. The Labute approximate surface area is 163 Å². The van der Waals surface area contributed by atoms with Crippen LogP contribution in [0.25, 0.3) is 0 Å². The highest BCUT2D eigenvalue weighted by atomic mass is 16.7. The molecule has 3 aliphatic rings. The maximum Gasteiger partial charge on any atom is 0.269 e. The lowest BCUT2D eigenvalue weighted by atomic mass is 9.94. The van der Waals surface area contributed by atoms with Crippen LogP contribution >= 0.6 is 0 Å². The lowest BCUT2D eigenvalue weighted by Gasteiger charge is -2.31. The Morgan fingerprint density at radius 1 is 0.929 bits per heavy atom. The van der Waals surface area contributed by atoms with Crippen molar-refractivity contribution < 1.29 is 23.7 Å². The minimum Gasteiger partial charge on any atom is -0.482 e. The van der Waals surface area contributed by atoms with Crippen molar-refractivity contribution in [3.63, 3.8) is 0 Å². The highest BCUT2D eigenvalue weighted by molar-refractivity contribution is 5.95. The van der Waals surface area contributed by atoms with Gasteiger partial charge in [-0.1, -0.05) is 18.6 Å². The van der Waals surface area contributed by atoms with Crippen LogP contribution in [0, 0.1) is 0 Å². The minimum atomic E-state index is -0.731. The molecular formula is C22H23NO5. The Balaban J connectivity index is 1.30. The van der Waals surface area contributed by atoms with Crippen LogP contribution in [-0.2, 0) is 4.79 Å². The molecule has 1 saturated carbocycles. The van der Waals surface area contributed by atoms with Gasteiger partial charge in [-0.25, -0.2) is 0 Å². The number of carbonyl (C=O) groups is 1. The van der Waals surface area contributed by atoms with Gasteiger partial charge in [0.1, 0.15) is 6.10 Å². The number of amides is 1. The smallest absolute Gasteiger partial charge is 0.269 e. The van der Waals surface area contributed by atoms with Crippen LogP contribution in [-0.4, -0.2) is 23.9 Å². The summed E-state index contributed by atoms with van der Waals surface area (Å²) in [5.74, 6) is 1.86. The Kier molecular flexibility index (Phi) is 4.07. The number of hydrogen-bond acceptors (Lipinski definition) is 5. The van der Waals surface area contributed by atoms with E-state index in [1.54, 1.807) is 6.07 Å². The Bertz CT molecular complexity index is 906. The normalized spacial score (nSPS) is 24.0. The van der Waals surface area contributed by atoms with Crippen molar-refractivity contribution >= 4 is 11.6 Å². The third-order valence-electron chi connectivity index (χ3n) is 5.52. The van der Waals surface area contributed by atoms with E-state index in [0.717, 1.165) is 31.4 Å². The molecule has 146 valence electrons. The maximum atomic E-state index is 12.8. The third-order valence-corrected chi connectivity index (χ3v) is 5.52. The number of rotatable bonds is 2. The average molecular weight is 381 g/mol. The molecule has 2 aromatic rings. The fourth-order valence-corrected chi connectivity index (χ4v) is 4.09. The molecule has 0 radical (unpaired) electrons. The van der Waals surface area contributed by atoms with Crippen LogP contribution < -0.4 is 24.3 Å².